The van der Waals surface area contributed by atoms with Crippen LogP contribution in [0, 0.1) is 10.1 Å². The molecule has 1 aromatic rings. The number of hydrogen-bond acceptors (Lipinski definition) is 6. The van der Waals surface area contributed by atoms with Crippen molar-refractivity contribution >= 4 is 5.69 Å². The van der Waals surface area contributed by atoms with E-state index < -0.39 is 4.92 Å². The summed E-state index contributed by atoms with van der Waals surface area (Å²) in [5.41, 5.74) is 0.551. The topological polar surface area (TPSA) is 98.9 Å². The summed E-state index contributed by atoms with van der Waals surface area (Å²) in [6.07, 6.45) is 6.10. The first-order valence-electron chi connectivity index (χ1n) is 9.16. The molecule has 0 amide bonds. The van der Waals surface area contributed by atoms with E-state index in [2.05, 4.69) is 10.2 Å². The van der Waals surface area contributed by atoms with E-state index in [0.717, 1.165) is 45.2 Å². The Morgan fingerprint density at radius 1 is 1.20 bits per heavy atom. The van der Waals surface area contributed by atoms with Crippen LogP contribution in [0.4, 0.5) is 5.69 Å². The number of nitrogens with one attached hydrogen (secondary N) is 1. The van der Waals surface area contributed by atoms with Gasteiger partial charge in [-0.25, -0.2) is 0 Å². The molecular formula is C18H27N3O4. The number of nitro groups is 1. The Bertz CT molecular complexity index is 602. The lowest BCUT2D eigenvalue weighted by Gasteiger charge is -2.41. The van der Waals surface area contributed by atoms with Crippen LogP contribution in [0.3, 0.4) is 0 Å². The van der Waals surface area contributed by atoms with Gasteiger partial charge in [-0.3, -0.25) is 15.0 Å². The molecule has 2 fully saturated rings. The summed E-state index contributed by atoms with van der Waals surface area (Å²) in [6.45, 7) is 2.34. The molecule has 25 heavy (non-hydrogen) atoms. The Hall–Kier alpha value is -1.70. The lowest BCUT2D eigenvalue weighted by molar-refractivity contribution is -0.384. The van der Waals surface area contributed by atoms with Gasteiger partial charge in [0, 0.05) is 49.4 Å². The van der Waals surface area contributed by atoms with Crippen LogP contribution in [-0.4, -0.2) is 51.3 Å². The molecule has 2 unspecified atom stereocenters. The number of rotatable bonds is 5. The molecule has 7 nitrogen and oxygen atoms in total. The van der Waals surface area contributed by atoms with Crippen LogP contribution >= 0.6 is 0 Å². The number of benzene rings is 1. The second-order valence-electron chi connectivity index (χ2n) is 7.18. The number of nitrogens with zero attached hydrogens (tertiary/aromatic N) is 2. The highest BCUT2D eigenvalue weighted by atomic mass is 16.6. The largest absolute Gasteiger partial charge is 0.508 e. The van der Waals surface area contributed by atoms with Gasteiger partial charge in [-0.05, 0) is 31.7 Å². The number of phenols is 1. The van der Waals surface area contributed by atoms with Crippen LogP contribution < -0.4 is 5.32 Å². The summed E-state index contributed by atoms with van der Waals surface area (Å²) < 4.78 is 0. The quantitative estimate of drug-likeness (QED) is 0.556. The molecule has 138 valence electrons. The molecule has 0 radical (unpaired) electrons. The Labute approximate surface area is 147 Å². The number of aromatic hydroxyl groups is 1. The van der Waals surface area contributed by atoms with Gasteiger partial charge in [0.05, 0.1) is 11.0 Å². The number of hydrogen-bond donors (Lipinski definition) is 3. The maximum absolute atomic E-state index is 10.9. The van der Waals surface area contributed by atoms with E-state index in [4.69, 9.17) is 0 Å². The number of non-ortho nitro benzene ring substituents is 1. The third-order valence-electron chi connectivity index (χ3n) is 5.55. The van der Waals surface area contributed by atoms with Gasteiger partial charge in [0.15, 0.2) is 0 Å². The first-order valence-corrected chi connectivity index (χ1v) is 9.16. The number of aliphatic hydroxyl groups is 1. The van der Waals surface area contributed by atoms with Gasteiger partial charge in [-0.1, -0.05) is 12.8 Å². The maximum Gasteiger partial charge on any atom is 0.270 e. The van der Waals surface area contributed by atoms with Crippen molar-refractivity contribution in [3.63, 3.8) is 0 Å². The molecule has 3 N–H and O–H groups in total. The number of aliphatic hydroxyl groups excluding tert-OH is 1. The van der Waals surface area contributed by atoms with Crippen molar-refractivity contribution in [3.8, 4) is 5.75 Å². The van der Waals surface area contributed by atoms with Gasteiger partial charge in [0.2, 0.25) is 0 Å². The molecule has 1 saturated carbocycles. The van der Waals surface area contributed by atoms with Crippen molar-refractivity contribution in [1.82, 2.24) is 10.2 Å². The van der Waals surface area contributed by atoms with Crippen LogP contribution in [0.25, 0.3) is 0 Å². The zero-order chi connectivity index (χ0) is 17.8. The molecule has 0 aromatic heterocycles. The Morgan fingerprint density at radius 2 is 1.92 bits per heavy atom. The number of nitro benzene ring substituents is 1. The number of phenolic OH excluding ortho intramolecular Hbond substituents is 1. The van der Waals surface area contributed by atoms with Gasteiger partial charge in [0.25, 0.3) is 5.69 Å². The third-order valence-corrected chi connectivity index (χ3v) is 5.55. The first-order chi connectivity index (χ1) is 12.0. The maximum atomic E-state index is 10.9. The highest BCUT2D eigenvalue weighted by Gasteiger charge is 2.31. The van der Waals surface area contributed by atoms with Crippen molar-refractivity contribution in [3.05, 3.63) is 33.9 Å². The molecule has 1 heterocycles. The molecular weight excluding hydrogens is 322 g/mol. The molecule has 1 saturated heterocycles. The predicted molar refractivity (Wildman–Crippen MR) is 94.5 cm³/mol. The van der Waals surface area contributed by atoms with E-state index in [9.17, 15) is 20.3 Å². The zero-order valence-corrected chi connectivity index (χ0v) is 14.4. The molecule has 2 atom stereocenters. The Balaban J connectivity index is 1.49. The smallest absolute Gasteiger partial charge is 0.270 e. The lowest BCUT2D eigenvalue weighted by atomic mass is 9.89. The van der Waals surface area contributed by atoms with Gasteiger partial charge >= 0.3 is 0 Å². The van der Waals surface area contributed by atoms with Crippen LogP contribution in [0.15, 0.2) is 18.2 Å². The average molecular weight is 349 g/mol. The van der Waals surface area contributed by atoms with Crippen molar-refractivity contribution in [2.75, 3.05) is 13.1 Å². The minimum absolute atomic E-state index is 0.00398. The van der Waals surface area contributed by atoms with Crippen molar-refractivity contribution in [1.29, 1.82) is 0 Å². The fourth-order valence-electron chi connectivity index (χ4n) is 4.03. The van der Waals surface area contributed by atoms with E-state index in [1.165, 1.54) is 24.6 Å². The third kappa shape index (κ3) is 4.48. The fraction of sp³-hybridized carbons (Fsp3) is 0.667. The SMILES string of the molecule is O=[N+]([O-])c1ccc(O)c(CNC2CCN(C3CCCCC3O)CC2)c1. The van der Waals surface area contributed by atoms with Crippen LogP contribution in [0.1, 0.15) is 44.1 Å². The van der Waals surface area contributed by atoms with Crippen molar-refractivity contribution < 1.29 is 15.1 Å². The van der Waals surface area contributed by atoms with Crippen molar-refractivity contribution in [2.24, 2.45) is 0 Å². The highest BCUT2D eigenvalue weighted by Crippen LogP contribution is 2.27. The van der Waals surface area contributed by atoms with Crippen LogP contribution in [0.5, 0.6) is 5.75 Å². The average Bonchev–Trinajstić information content (AvgIpc) is 2.62. The summed E-state index contributed by atoms with van der Waals surface area (Å²) in [4.78, 5) is 12.8. The van der Waals surface area contributed by atoms with Gasteiger partial charge in [0.1, 0.15) is 5.75 Å². The molecule has 1 aliphatic heterocycles. The monoisotopic (exact) mass is 349 g/mol. The van der Waals surface area contributed by atoms with E-state index >= 15 is 0 Å². The predicted octanol–water partition coefficient (Wildman–Crippen LogP) is 2.16. The summed E-state index contributed by atoms with van der Waals surface area (Å²) in [6, 6.07) is 4.75. The second-order valence-corrected chi connectivity index (χ2v) is 7.18. The molecule has 1 aliphatic carbocycles. The normalized spacial score (nSPS) is 25.8. The summed E-state index contributed by atoms with van der Waals surface area (Å²) >= 11 is 0. The van der Waals surface area contributed by atoms with E-state index in [0.29, 0.717) is 24.2 Å². The molecule has 1 aromatic carbocycles. The molecule has 0 bridgehead atoms. The summed E-state index contributed by atoms with van der Waals surface area (Å²) in [5.74, 6) is 0.0841. The van der Waals surface area contributed by atoms with E-state index in [1.807, 2.05) is 0 Å². The Morgan fingerprint density at radius 3 is 2.60 bits per heavy atom. The minimum Gasteiger partial charge on any atom is -0.508 e. The first kappa shape index (κ1) is 18.1. The Kier molecular flexibility index (Phi) is 5.88. The number of likely N-dealkylation sites (tertiary alicyclic amines) is 1. The van der Waals surface area contributed by atoms with E-state index in [-0.39, 0.29) is 17.5 Å². The van der Waals surface area contributed by atoms with Crippen LogP contribution in [0.2, 0.25) is 0 Å². The van der Waals surface area contributed by atoms with Crippen LogP contribution in [-0.2, 0) is 6.54 Å². The van der Waals surface area contributed by atoms with Crippen molar-refractivity contribution in [2.45, 2.75) is 63.3 Å². The highest BCUT2D eigenvalue weighted by molar-refractivity contribution is 5.42. The van der Waals surface area contributed by atoms with Gasteiger partial charge < -0.3 is 15.5 Å². The van der Waals surface area contributed by atoms with Gasteiger partial charge in [-0.2, -0.15) is 0 Å². The molecule has 2 aliphatic rings. The van der Waals surface area contributed by atoms with Gasteiger partial charge in [-0.15, -0.1) is 0 Å². The molecule has 3 rings (SSSR count). The number of piperidine rings is 1. The summed E-state index contributed by atoms with van der Waals surface area (Å²) in [5, 5.41) is 34.4. The minimum atomic E-state index is -0.448. The second kappa shape index (κ2) is 8.12. The van der Waals surface area contributed by atoms with E-state index in [1.54, 1.807) is 0 Å². The zero-order valence-electron chi connectivity index (χ0n) is 14.4. The summed E-state index contributed by atoms with van der Waals surface area (Å²) in [7, 11) is 0. The molecule has 0 spiro atoms. The fourth-order valence-corrected chi connectivity index (χ4v) is 4.03. The lowest BCUT2D eigenvalue weighted by Crippen LogP contribution is -2.51. The standard InChI is InChI=1S/C18H27N3O4/c22-17-6-5-15(21(24)25)11-13(17)12-19-14-7-9-20(10-8-14)16-3-1-2-4-18(16)23/h5-6,11,14,16,18-19,22-23H,1-4,7-10,12H2. The molecule has 7 heteroatoms.